The Morgan fingerprint density at radius 1 is 1.25 bits per heavy atom. The first-order valence-corrected chi connectivity index (χ1v) is 5.77. The van der Waals surface area contributed by atoms with Crippen LogP contribution in [0.4, 0.5) is 5.69 Å². The summed E-state index contributed by atoms with van der Waals surface area (Å²) in [5, 5.41) is 3.25. The van der Waals surface area contributed by atoms with E-state index in [4.69, 9.17) is 0 Å². The number of carbonyl (C=O) groups is 1. The van der Waals surface area contributed by atoms with E-state index in [-0.39, 0.29) is 5.91 Å². The van der Waals surface area contributed by atoms with Gasteiger partial charge in [-0.3, -0.25) is 4.79 Å². The van der Waals surface area contributed by atoms with Gasteiger partial charge in [0.1, 0.15) is 0 Å². The lowest BCUT2D eigenvalue weighted by molar-refractivity contribution is -0.118. The van der Waals surface area contributed by atoms with Crippen molar-refractivity contribution in [3.05, 3.63) is 29.3 Å². The van der Waals surface area contributed by atoms with Crippen LogP contribution in [-0.4, -0.2) is 25.5 Å². The molecule has 0 aromatic heterocycles. The molecule has 16 heavy (non-hydrogen) atoms. The fourth-order valence-corrected chi connectivity index (χ4v) is 2.04. The molecule has 0 saturated carbocycles. The largest absolute Gasteiger partial charge is 0.314 e. The van der Waals surface area contributed by atoms with Crippen LogP contribution in [0.15, 0.2) is 18.2 Å². The van der Waals surface area contributed by atoms with Gasteiger partial charge in [-0.05, 0) is 31.0 Å². The van der Waals surface area contributed by atoms with Crippen molar-refractivity contribution in [1.29, 1.82) is 0 Å². The van der Waals surface area contributed by atoms with Gasteiger partial charge in [0, 0.05) is 31.7 Å². The van der Waals surface area contributed by atoms with Crippen LogP contribution >= 0.6 is 0 Å². The van der Waals surface area contributed by atoms with Crippen LogP contribution in [0.25, 0.3) is 0 Å². The van der Waals surface area contributed by atoms with Crippen molar-refractivity contribution in [3.63, 3.8) is 0 Å². The van der Waals surface area contributed by atoms with Crippen molar-refractivity contribution in [2.45, 2.75) is 20.3 Å². The molecule has 0 aliphatic carbocycles. The molecule has 0 unspecified atom stereocenters. The van der Waals surface area contributed by atoms with E-state index >= 15 is 0 Å². The molecule has 3 nitrogen and oxygen atoms in total. The van der Waals surface area contributed by atoms with Crippen LogP contribution in [0, 0.1) is 13.8 Å². The summed E-state index contributed by atoms with van der Waals surface area (Å²) in [4.78, 5) is 13.9. The zero-order valence-electron chi connectivity index (χ0n) is 9.92. The Labute approximate surface area is 96.5 Å². The lowest BCUT2D eigenvalue weighted by Crippen LogP contribution is -2.32. The Bertz CT molecular complexity index is 401. The van der Waals surface area contributed by atoms with Crippen molar-refractivity contribution >= 4 is 11.6 Å². The smallest absolute Gasteiger partial charge is 0.228 e. The summed E-state index contributed by atoms with van der Waals surface area (Å²) in [5.74, 6) is 0.221. The average molecular weight is 218 g/mol. The third-order valence-corrected chi connectivity index (χ3v) is 2.98. The first kappa shape index (κ1) is 11.1. The SMILES string of the molecule is Cc1ccc(C)c(N2CCNCCC2=O)c1. The molecule has 1 saturated heterocycles. The van der Waals surface area contributed by atoms with Crippen LogP contribution in [0.5, 0.6) is 0 Å². The lowest BCUT2D eigenvalue weighted by Gasteiger charge is -2.22. The van der Waals surface area contributed by atoms with Crippen molar-refractivity contribution < 1.29 is 4.79 Å². The first-order valence-electron chi connectivity index (χ1n) is 5.77. The monoisotopic (exact) mass is 218 g/mol. The summed E-state index contributed by atoms with van der Waals surface area (Å²) in [6.07, 6.45) is 0.591. The topological polar surface area (TPSA) is 32.3 Å². The summed E-state index contributed by atoms with van der Waals surface area (Å²) in [7, 11) is 0. The highest BCUT2D eigenvalue weighted by Crippen LogP contribution is 2.22. The number of nitrogens with zero attached hydrogens (tertiary/aromatic N) is 1. The molecular weight excluding hydrogens is 200 g/mol. The molecule has 1 heterocycles. The van der Waals surface area contributed by atoms with Gasteiger partial charge in [0.15, 0.2) is 0 Å². The number of nitrogens with one attached hydrogen (secondary N) is 1. The summed E-state index contributed by atoms with van der Waals surface area (Å²) < 4.78 is 0. The molecule has 1 fully saturated rings. The van der Waals surface area contributed by atoms with Gasteiger partial charge in [-0.25, -0.2) is 0 Å². The number of aryl methyl sites for hydroxylation is 2. The molecule has 1 aromatic rings. The molecule has 3 heteroatoms. The average Bonchev–Trinajstić information content (AvgIpc) is 2.47. The van der Waals surface area contributed by atoms with E-state index in [1.807, 2.05) is 4.90 Å². The summed E-state index contributed by atoms with van der Waals surface area (Å²) in [6, 6.07) is 6.26. The molecule has 0 atom stereocenters. The van der Waals surface area contributed by atoms with E-state index in [1.165, 1.54) is 11.1 Å². The van der Waals surface area contributed by atoms with Gasteiger partial charge in [-0.15, -0.1) is 0 Å². The Kier molecular flexibility index (Phi) is 3.25. The Hall–Kier alpha value is -1.35. The van der Waals surface area contributed by atoms with Crippen LogP contribution in [0.1, 0.15) is 17.5 Å². The van der Waals surface area contributed by atoms with Crippen LogP contribution in [0.2, 0.25) is 0 Å². The minimum atomic E-state index is 0.221. The number of amides is 1. The van der Waals surface area contributed by atoms with Gasteiger partial charge in [-0.2, -0.15) is 0 Å². The second kappa shape index (κ2) is 4.66. The number of benzene rings is 1. The molecule has 1 amide bonds. The van der Waals surface area contributed by atoms with E-state index in [0.29, 0.717) is 6.42 Å². The predicted octanol–water partition coefficient (Wildman–Crippen LogP) is 1.63. The van der Waals surface area contributed by atoms with Gasteiger partial charge in [0.25, 0.3) is 0 Å². The fourth-order valence-electron chi connectivity index (χ4n) is 2.04. The second-order valence-corrected chi connectivity index (χ2v) is 4.34. The molecule has 1 aromatic carbocycles. The Morgan fingerprint density at radius 3 is 2.88 bits per heavy atom. The van der Waals surface area contributed by atoms with Gasteiger partial charge in [0.2, 0.25) is 5.91 Å². The van der Waals surface area contributed by atoms with E-state index in [2.05, 4.69) is 37.4 Å². The normalized spacial score (nSPS) is 17.4. The predicted molar refractivity (Wildman–Crippen MR) is 65.8 cm³/mol. The molecule has 1 aliphatic rings. The highest BCUT2D eigenvalue weighted by Gasteiger charge is 2.19. The van der Waals surface area contributed by atoms with Crippen LogP contribution < -0.4 is 10.2 Å². The molecular formula is C13H18N2O. The minimum absolute atomic E-state index is 0.221. The lowest BCUT2D eigenvalue weighted by atomic mass is 10.1. The van der Waals surface area contributed by atoms with Gasteiger partial charge in [-0.1, -0.05) is 12.1 Å². The quantitative estimate of drug-likeness (QED) is 0.777. The maximum Gasteiger partial charge on any atom is 0.228 e. The van der Waals surface area contributed by atoms with Gasteiger partial charge < -0.3 is 10.2 Å². The third kappa shape index (κ3) is 2.25. The number of anilines is 1. The third-order valence-electron chi connectivity index (χ3n) is 2.98. The van der Waals surface area contributed by atoms with Crippen LogP contribution in [-0.2, 0) is 4.79 Å². The van der Waals surface area contributed by atoms with Gasteiger partial charge >= 0.3 is 0 Å². The molecule has 1 N–H and O–H groups in total. The first-order chi connectivity index (χ1) is 7.68. The van der Waals surface area contributed by atoms with Crippen molar-refractivity contribution in [3.8, 4) is 0 Å². The molecule has 2 rings (SSSR count). The number of carbonyl (C=O) groups excluding carboxylic acids is 1. The maximum absolute atomic E-state index is 12.0. The highest BCUT2D eigenvalue weighted by atomic mass is 16.2. The Morgan fingerprint density at radius 2 is 2.06 bits per heavy atom. The van der Waals surface area contributed by atoms with E-state index < -0.39 is 0 Å². The second-order valence-electron chi connectivity index (χ2n) is 4.34. The standard InChI is InChI=1S/C13H18N2O/c1-10-3-4-11(2)12(9-10)15-8-7-14-6-5-13(15)16/h3-4,9,14H,5-8H2,1-2H3. The van der Waals surface area contributed by atoms with Gasteiger partial charge in [0.05, 0.1) is 0 Å². The van der Waals surface area contributed by atoms with Crippen molar-refractivity contribution in [1.82, 2.24) is 5.32 Å². The minimum Gasteiger partial charge on any atom is -0.314 e. The number of hydrogen-bond acceptors (Lipinski definition) is 2. The van der Waals surface area contributed by atoms with Crippen molar-refractivity contribution in [2.75, 3.05) is 24.5 Å². The summed E-state index contributed by atoms with van der Waals surface area (Å²) >= 11 is 0. The summed E-state index contributed by atoms with van der Waals surface area (Å²) in [6.45, 7) is 6.55. The van der Waals surface area contributed by atoms with Crippen molar-refractivity contribution in [2.24, 2.45) is 0 Å². The molecule has 0 bridgehead atoms. The van der Waals surface area contributed by atoms with Crippen LogP contribution in [0.3, 0.4) is 0 Å². The molecule has 0 radical (unpaired) electrons. The van der Waals surface area contributed by atoms with E-state index in [0.717, 1.165) is 25.3 Å². The number of hydrogen-bond donors (Lipinski definition) is 1. The summed E-state index contributed by atoms with van der Waals surface area (Å²) in [5.41, 5.74) is 3.43. The Balaban J connectivity index is 2.33. The molecule has 1 aliphatic heterocycles. The van der Waals surface area contributed by atoms with E-state index in [9.17, 15) is 4.79 Å². The zero-order valence-corrected chi connectivity index (χ0v) is 9.92. The molecule has 0 spiro atoms. The molecule has 86 valence electrons. The maximum atomic E-state index is 12.0. The number of rotatable bonds is 1. The zero-order chi connectivity index (χ0) is 11.5. The highest BCUT2D eigenvalue weighted by molar-refractivity contribution is 5.94. The van der Waals surface area contributed by atoms with E-state index in [1.54, 1.807) is 0 Å². The fraction of sp³-hybridized carbons (Fsp3) is 0.462.